The van der Waals surface area contributed by atoms with E-state index in [2.05, 4.69) is 16.0 Å². The van der Waals surface area contributed by atoms with E-state index < -0.39 is 36.1 Å². The van der Waals surface area contributed by atoms with Gasteiger partial charge in [-0.05, 0) is 61.4 Å². The van der Waals surface area contributed by atoms with E-state index >= 15 is 0 Å². The van der Waals surface area contributed by atoms with Crippen LogP contribution in [0.15, 0.2) is 72.8 Å². The maximum absolute atomic E-state index is 12.8. The van der Waals surface area contributed by atoms with Gasteiger partial charge in [0.25, 0.3) is 0 Å². The summed E-state index contributed by atoms with van der Waals surface area (Å²) in [6.45, 7) is 1.62. The number of aliphatic hydroxyl groups excluding tert-OH is 1. The molecule has 216 valence electrons. The number of hydrogen-bond donors (Lipinski definition) is 4. The minimum absolute atomic E-state index is 0.111. The topological polar surface area (TPSA) is 109 Å². The summed E-state index contributed by atoms with van der Waals surface area (Å²) in [6, 6.07) is 18.1. The molecule has 3 amide bonds. The van der Waals surface area contributed by atoms with Crippen molar-refractivity contribution in [2.75, 3.05) is 17.2 Å². The second-order valence-corrected chi connectivity index (χ2v) is 10.2. The largest absolute Gasteiger partial charge is 0.487 e. The maximum atomic E-state index is 12.8. The Morgan fingerprint density at radius 2 is 1.68 bits per heavy atom. The van der Waals surface area contributed by atoms with Gasteiger partial charge in [0.15, 0.2) is 0 Å². The second kappa shape index (κ2) is 11.8. The molecule has 5 rings (SSSR count). The Bertz CT molecular complexity index is 1380. The number of alkyl halides is 3. The minimum atomic E-state index is -4.46. The van der Waals surface area contributed by atoms with Crippen LogP contribution in [0, 0.1) is 0 Å². The van der Waals surface area contributed by atoms with Crippen molar-refractivity contribution in [3.05, 3.63) is 89.5 Å². The molecule has 1 fully saturated rings. The summed E-state index contributed by atoms with van der Waals surface area (Å²) >= 11 is 0. The third kappa shape index (κ3) is 6.63. The van der Waals surface area contributed by atoms with Gasteiger partial charge < -0.3 is 30.5 Å². The number of halogens is 3. The van der Waals surface area contributed by atoms with Gasteiger partial charge in [-0.1, -0.05) is 30.3 Å². The van der Waals surface area contributed by atoms with Gasteiger partial charge in [-0.2, -0.15) is 13.2 Å². The Labute approximate surface area is 234 Å². The average molecular weight is 570 g/mol. The molecule has 0 aromatic heterocycles. The lowest BCUT2D eigenvalue weighted by Gasteiger charge is -2.37. The van der Waals surface area contributed by atoms with E-state index in [4.69, 9.17) is 9.47 Å². The molecule has 41 heavy (non-hydrogen) atoms. The third-order valence-corrected chi connectivity index (χ3v) is 7.32. The fourth-order valence-corrected chi connectivity index (χ4v) is 5.34. The van der Waals surface area contributed by atoms with Crippen molar-refractivity contribution >= 4 is 23.3 Å². The van der Waals surface area contributed by atoms with Gasteiger partial charge >= 0.3 is 12.2 Å². The zero-order chi connectivity index (χ0) is 29.1. The van der Waals surface area contributed by atoms with E-state index in [0.29, 0.717) is 17.9 Å². The van der Waals surface area contributed by atoms with Crippen LogP contribution in [0.25, 0.3) is 0 Å². The van der Waals surface area contributed by atoms with Crippen LogP contribution in [0.1, 0.15) is 48.4 Å². The first-order chi connectivity index (χ1) is 19.6. The first kappa shape index (κ1) is 28.4. The van der Waals surface area contributed by atoms with Gasteiger partial charge in [0.1, 0.15) is 18.0 Å². The Morgan fingerprint density at radius 1 is 1.00 bits per heavy atom. The minimum Gasteiger partial charge on any atom is -0.487 e. The third-order valence-electron chi connectivity index (χ3n) is 7.32. The molecular weight excluding hydrogens is 539 g/mol. The van der Waals surface area contributed by atoms with Gasteiger partial charge in [0, 0.05) is 22.9 Å². The van der Waals surface area contributed by atoms with Crippen molar-refractivity contribution in [1.82, 2.24) is 5.32 Å². The summed E-state index contributed by atoms with van der Waals surface area (Å²) in [6.07, 6.45) is -5.42. The van der Waals surface area contributed by atoms with E-state index in [1.54, 1.807) is 18.2 Å². The lowest BCUT2D eigenvalue weighted by molar-refractivity contribution is -0.142. The van der Waals surface area contributed by atoms with Gasteiger partial charge in [-0.25, -0.2) is 4.79 Å². The van der Waals surface area contributed by atoms with Crippen molar-refractivity contribution in [2.45, 2.75) is 56.2 Å². The van der Waals surface area contributed by atoms with Crippen LogP contribution in [0.5, 0.6) is 5.75 Å². The monoisotopic (exact) mass is 569 g/mol. The SMILES string of the molecule is C[C@H](NC(=O)C[C@@H]1C[C@H]2c3cc(NC(=O)Nc4ccc(C(F)(F)F)cc4)ccc3O[C@H]2[C@@H](CO)O1)c1ccccc1. The molecule has 0 bridgehead atoms. The van der Waals surface area contributed by atoms with Crippen molar-refractivity contribution in [3.8, 4) is 5.75 Å². The van der Waals surface area contributed by atoms with E-state index in [1.165, 1.54) is 12.1 Å². The molecule has 2 aliphatic heterocycles. The van der Waals surface area contributed by atoms with E-state index in [-0.39, 0.29) is 36.6 Å². The van der Waals surface area contributed by atoms with Crippen LogP contribution in [-0.2, 0) is 15.7 Å². The molecule has 0 unspecified atom stereocenters. The van der Waals surface area contributed by atoms with E-state index in [1.807, 2.05) is 37.3 Å². The maximum Gasteiger partial charge on any atom is 0.416 e. The molecule has 0 radical (unpaired) electrons. The summed E-state index contributed by atoms with van der Waals surface area (Å²) in [7, 11) is 0. The number of benzene rings is 3. The zero-order valence-corrected chi connectivity index (χ0v) is 22.2. The molecule has 1 saturated heterocycles. The molecule has 5 atom stereocenters. The van der Waals surface area contributed by atoms with Crippen molar-refractivity contribution < 1.29 is 37.3 Å². The van der Waals surface area contributed by atoms with Crippen LogP contribution in [0.3, 0.4) is 0 Å². The molecule has 2 heterocycles. The summed E-state index contributed by atoms with van der Waals surface area (Å²) < 4.78 is 50.5. The first-order valence-corrected chi connectivity index (χ1v) is 13.3. The molecule has 3 aromatic carbocycles. The van der Waals surface area contributed by atoms with Crippen LogP contribution in [-0.4, -0.2) is 42.0 Å². The molecule has 11 heteroatoms. The van der Waals surface area contributed by atoms with Crippen molar-refractivity contribution in [3.63, 3.8) is 0 Å². The van der Waals surface area contributed by atoms with E-state index in [0.717, 1.165) is 23.3 Å². The number of hydrogen-bond acceptors (Lipinski definition) is 5. The van der Waals surface area contributed by atoms with Gasteiger partial charge in [0.2, 0.25) is 5.91 Å². The molecular formula is C30H30F3N3O5. The number of amides is 3. The smallest absolute Gasteiger partial charge is 0.416 e. The Morgan fingerprint density at radius 3 is 2.37 bits per heavy atom. The average Bonchev–Trinajstić information content (AvgIpc) is 3.30. The van der Waals surface area contributed by atoms with Crippen LogP contribution < -0.4 is 20.7 Å². The van der Waals surface area contributed by atoms with Gasteiger partial charge in [-0.15, -0.1) is 0 Å². The summed E-state index contributed by atoms with van der Waals surface area (Å²) in [5, 5.41) is 18.2. The zero-order valence-electron chi connectivity index (χ0n) is 22.2. The number of carbonyl (C=O) groups is 2. The number of rotatable bonds is 7. The number of nitrogens with one attached hydrogen (secondary N) is 3. The molecule has 0 saturated carbocycles. The number of anilines is 2. The van der Waals surface area contributed by atoms with Gasteiger partial charge in [0.05, 0.1) is 30.7 Å². The van der Waals surface area contributed by atoms with Crippen molar-refractivity contribution in [1.29, 1.82) is 0 Å². The number of fused-ring (bicyclic) bond motifs is 3. The lowest BCUT2D eigenvalue weighted by atomic mass is 9.84. The van der Waals surface area contributed by atoms with Gasteiger partial charge in [-0.3, -0.25) is 4.79 Å². The van der Waals surface area contributed by atoms with Crippen LogP contribution >= 0.6 is 0 Å². The van der Waals surface area contributed by atoms with Crippen LogP contribution in [0.2, 0.25) is 0 Å². The first-order valence-electron chi connectivity index (χ1n) is 13.3. The molecule has 0 aliphatic carbocycles. The fraction of sp³-hybridized carbons (Fsp3) is 0.333. The number of aliphatic hydroxyl groups is 1. The number of carbonyl (C=O) groups excluding carboxylic acids is 2. The summed E-state index contributed by atoms with van der Waals surface area (Å²) in [5.41, 5.74) is 1.65. The molecule has 3 aromatic rings. The molecule has 8 nitrogen and oxygen atoms in total. The molecule has 0 spiro atoms. The quantitative estimate of drug-likeness (QED) is 0.296. The Kier molecular flexibility index (Phi) is 8.18. The highest BCUT2D eigenvalue weighted by Gasteiger charge is 2.46. The second-order valence-electron chi connectivity index (χ2n) is 10.2. The molecule has 4 N–H and O–H groups in total. The predicted molar refractivity (Wildman–Crippen MR) is 146 cm³/mol. The predicted octanol–water partition coefficient (Wildman–Crippen LogP) is 5.61. The van der Waals surface area contributed by atoms with Crippen molar-refractivity contribution in [2.24, 2.45) is 0 Å². The lowest BCUT2D eigenvalue weighted by Crippen LogP contribution is -2.47. The Hall–Kier alpha value is -4.09. The number of ether oxygens (including phenoxy) is 2. The molecule has 2 aliphatic rings. The highest BCUT2D eigenvalue weighted by atomic mass is 19.4. The van der Waals surface area contributed by atoms with E-state index in [9.17, 15) is 27.9 Å². The summed E-state index contributed by atoms with van der Waals surface area (Å²) in [5.74, 6) is 0.245. The Balaban J connectivity index is 1.23. The summed E-state index contributed by atoms with van der Waals surface area (Å²) in [4.78, 5) is 25.4. The standard InChI is InChI=1S/C30H30F3N3O5/c1-17(18-5-3-2-4-6-18)34-27(38)15-22-14-24-23-13-21(11-12-25(23)41-28(24)26(16-37)40-22)36-29(39)35-20-9-7-19(8-10-20)30(31,32)33/h2-13,17,22,24,26,28,37H,14-16H2,1H3,(H,34,38)(H2,35,36,39)/t17-,22-,24-,26+,28+/m0/s1. The number of urea groups is 1. The normalized spacial score (nSPS) is 22.1. The fourth-order valence-electron chi connectivity index (χ4n) is 5.34. The highest BCUT2D eigenvalue weighted by molar-refractivity contribution is 5.99. The highest BCUT2D eigenvalue weighted by Crippen LogP contribution is 2.47. The van der Waals surface area contributed by atoms with Crippen LogP contribution in [0.4, 0.5) is 29.3 Å².